The fraction of sp³-hybridized carbons (Fsp3) is 0.292. The van der Waals surface area contributed by atoms with Gasteiger partial charge in [-0.15, -0.1) is 0 Å². The molecule has 3 aromatic carbocycles. The number of benzene rings is 3. The van der Waals surface area contributed by atoms with Crippen LogP contribution < -0.4 is 8.92 Å². The minimum Gasteiger partial charge on any atom is -0.497 e. The topological polar surface area (TPSA) is 99.1 Å². The smallest absolute Gasteiger partial charge is 0.497 e. The van der Waals surface area contributed by atoms with Crippen molar-refractivity contribution >= 4 is 42.8 Å². The van der Waals surface area contributed by atoms with Crippen molar-refractivity contribution in [3.8, 4) is 11.5 Å². The number of carboxylic acids is 1. The first-order valence-electron chi connectivity index (χ1n) is 10.5. The lowest BCUT2D eigenvalue weighted by Crippen LogP contribution is -2.40. The van der Waals surface area contributed by atoms with Crippen LogP contribution in [-0.4, -0.2) is 32.1 Å². The van der Waals surface area contributed by atoms with E-state index in [9.17, 15) is 31.5 Å². The van der Waals surface area contributed by atoms with Crippen LogP contribution in [-0.2, 0) is 31.9 Å². The number of carboxylic acid groups (broad SMARTS) is 1. The molecular formula is C24H22BrF3O7S. The molecule has 0 bridgehead atoms. The first-order chi connectivity index (χ1) is 16.8. The molecule has 3 aromatic rings. The van der Waals surface area contributed by atoms with E-state index in [1.54, 1.807) is 30.3 Å². The highest BCUT2D eigenvalue weighted by Crippen LogP contribution is 2.46. The summed E-state index contributed by atoms with van der Waals surface area (Å²) in [4.78, 5) is 12.7. The number of carbonyl (C=O) groups is 1. The second kappa shape index (κ2) is 10.3. The third kappa shape index (κ3) is 5.16. The highest BCUT2D eigenvalue weighted by molar-refractivity contribution is 9.10. The molecule has 1 unspecified atom stereocenters. The normalized spacial score (nSPS) is 13.9. The maximum absolute atomic E-state index is 13.3. The van der Waals surface area contributed by atoms with Crippen LogP contribution in [0, 0.1) is 6.92 Å². The fourth-order valence-electron chi connectivity index (χ4n) is 3.83. The van der Waals surface area contributed by atoms with Gasteiger partial charge in [-0.3, -0.25) is 0 Å². The zero-order valence-electron chi connectivity index (χ0n) is 19.3. The highest BCUT2D eigenvalue weighted by Gasteiger charge is 2.51. The number of rotatable bonds is 9. The third-order valence-corrected chi connectivity index (χ3v) is 7.29. The summed E-state index contributed by atoms with van der Waals surface area (Å²) >= 11 is 3.29. The number of aliphatic carboxylic acids is 1. The minimum atomic E-state index is -6.14. The zero-order chi connectivity index (χ0) is 26.9. The molecule has 0 amide bonds. The second-order valence-electron chi connectivity index (χ2n) is 7.84. The van der Waals surface area contributed by atoms with Gasteiger partial charge >= 0.3 is 21.6 Å². The summed E-state index contributed by atoms with van der Waals surface area (Å²) in [6, 6.07) is 12.5. The van der Waals surface area contributed by atoms with E-state index in [1.165, 1.54) is 39.2 Å². The number of hydrogen-bond acceptors (Lipinski definition) is 6. The van der Waals surface area contributed by atoms with Gasteiger partial charge in [-0.05, 0) is 54.1 Å². The van der Waals surface area contributed by atoms with Crippen molar-refractivity contribution in [2.45, 2.75) is 38.0 Å². The Balaban J connectivity index is 2.28. The SMILES string of the molecule is CCC(OCc1ccc(OC)cc1)(C(=O)O)c1c(C)cc2c(Br)cccc2c1OS(=O)(=O)C(F)(F)F. The summed E-state index contributed by atoms with van der Waals surface area (Å²) in [7, 11) is -4.66. The molecule has 0 spiro atoms. The first kappa shape index (κ1) is 27.8. The van der Waals surface area contributed by atoms with Gasteiger partial charge in [0.05, 0.1) is 13.7 Å². The monoisotopic (exact) mass is 590 g/mol. The number of ether oxygens (including phenoxy) is 2. The molecule has 194 valence electrons. The molecule has 12 heteroatoms. The molecule has 1 atom stereocenters. The van der Waals surface area contributed by atoms with E-state index in [0.29, 0.717) is 21.2 Å². The van der Waals surface area contributed by atoms with E-state index in [1.807, 2.05) is 0 Å². The van der Waals surface area contributed by atoms with Crippen molar-refractivity contribution in [3.05, 3.63) is 69.7 Å². The lowest BCUT2D eigenvalue weighted by molar-refractivity contribution is -0.171. The number of fused-ring (bicyclic) bond motifs is 1. The van der Waals surface area contributed by atoms with Crippen molar-refractivity contribution in [1.29, 1.82) is 0 Å². The Kier molecular flexibility index (Phi) is 7.92. The quantitative estimate of drug-likeness (QED) is 0.239. The Morgan fingerprint density at radius 2 is 1.72 bits per heavy atom. The molecular weight excluding hydrogens is 569 g/mol. The fourth-order valence-corrected chi connectivity index (χ4v) is 4.80. The van der Waals surface area contributed by atoms with E-state index < -0.39 is 32.9 Å². The van der Waals surface area contributed by atoms with Gasteiger partial charge in [-0.25, -0.2) is 4.79 Å². The van der Waals surface area contributed by atoms with E-state index in [2.05, 4.69) is 20.1 Å². The molecule has 1 N–H and O–H groups in total. The van der Waals surface area contributed by atoms with Crippen molar-refractivity contribution in [2.24, 2.45) is 0 Å². The number of methoxy groups -OCH3 is 1. The van der Waals surface area contributed by atoms with Crippen molar-refractivity contribution in [2.75, 3.05) is 7.11 Å². The molecule has 0 aliphatic heterocycles. The molecule has 0 radical (unpaired) electrons. The van der Waals surface area contributed by atoms with Gasteiger partial charge in [0, 0.05) is 15.4 Å². The lowest BCUT2D eigenvalue weighted by Gasteiger charge is -2.32. The van der Waals surface area contributed by atoms with Crippen LogP contribution in [0.15, 0.2) is 53.0 Å². The van der Waals surface area contributed by atoms with Crippen molar-refractivity contribution in [3.63, 3.8) is 0 Å². The molecule has 3 rings (SSSR count). The summed E-state index contributed by atoms with van der Waals surface area (Å²) in [5.41, 5.74) is -7.59. The van der Waals surface area contributed by atoms with Gasteiger partial charge in [-0.2, -0.15) is 21.6 Å². The van der Waals surface area contributed by atoms with Gasteiger partial charge in [0.15, 0.2) is 11.4 Å². The maximum atomic E-state index is 13.3. The van der Waals surface area contributed by atoms with Crippen LogP contribution >= 0.6 is 15.9 Å². The molecule has 7 nitrogen and oxygen atoms in total. The molecule has 0 fully saturated rings. The first-order valence-corrected chi connectivity index (χ1v) is 12.7. The number of alkyl halides is 3. The van der Waals surface area contributed by atoms with Gasteiger partial charge in [0.25, 0.3) is 0 Å². The maximum Gasteiger partial charge on any atom is 0.534 e. The Labute approximate surface area is 214 Å². The van der Waals surface area contributed by atoms with E-state index in [4.69, 9.17) is 9.47 Å². The van der Waals surface area contributed by atoms with E-state index in [-0.39, 0.29) is 29.5 Å². The van der Waals surface area contributed by atoms with Crippen LogP contribution in [0.25, 0.3) is 10.8 Å². The van der Waals surface area contributed by atoms with Gasteiger partial charge < -0.3 is 18.8 Å². The summed E-state index contributed by atoms with van der Waals surface area (Å²) < 4.78 is 80.2. The average molecular weight is 591 g/mol. The Morgan fingerprint density at radius 3 is 2.25 bits per heavy atom. The van der Waals surface area contributed by atoms with E-state index in [0.717, 1.165) is 0 Å². The van der Waals surface area contributed by atoms with Gasteiger partial charge in [0.2, 0.25) is 0 Å². The summed E-state index contributed by atoms with van der Waals surface area (Å²) in [5, 5.41) is 10.6. The van der Waals surface area contributed by atoms with E-state index >= 15 is 0 Å². The van der Waals surface area contributed by atoms with Crippen LogP contribution in [0.1, 0.15) is 30.0 Å². The van der Waals surface area contributed by atoms with Gasteiger partial charge in [0.1, 0.15) is 5.75 Å². The molecule has 36 heavy (non-hydrogen) atoms. The Bertz CT molecular complexity index is 1390. The molecule has 0 aromatic heterocycles. The summed E-state index contributed by atoms with van der Waals surface area (Å²) in [6.07, 6.45) is -0.249. The minimum absolute atomic E-state index is 0.0371. The predicted octanol–water partition coefficient (Wildman–Crippen LogP) is 6.05. The highest BCUT2D eigenvalue weighted by atomic mass is 79.9. The van der Waals surface area contributed by atoms with Gasteiger partial charge in [-0.1, -0.05) is 47.1 Å². The van der Waals surface area contributed by atoms with Crippen LogP contribution in [0.5, 0.6) is 11.5 Å². The number of halogens is 4. The van der Waals surface area contributed by atoms with Crippen molar-refractivity contribution < 1.29 is 45.1 Å². The third-order valence-electron chi connectivity index (χ3n) is 5.65. The number of hydrogen-bond donors (Lipinski definition) is 1. The molecule has 0 aliphatic rings. The predicted molar refractivity (Wildman–Crippen MR) is 129 cm³/mol. The molecule has 0 saturated heterocycles. The summed E-state index contributed by atoms with van der Waals surface area (Å²) in [6.45, 7) is 2.67. The zero-order valence-corrected chi connectivity index (χ0v) is 21.8. The van der Waals surface area contributed by atoms with Crippen LogP contribution in [0.3, 0.4) is 0 Å². The Hall–Kier alpha value is -2.83. The average Bonchev–Trinajstić information content (AvgIpc) is 2.81. The van der Waals surface area contributed by atoms with Crippen LogP contribution in [0.2, 0.25) is 0 Å². The summed E-state index contributed by atoms with van der Waals surface area (Å²) in [5.74, 6) is -1.73. The number of aryl methyl sites for hydroxylation is 1. The lowest BCUT2D eigenvalue weighted by atomic mass is 9.84. The molecule has 0 heterocycles. The Morgan fingerprint density at radius 1 is 1.08 bits per heavy atom. The van der Waals surface area contributed by atoms with Crippen molar-refractivity contribution in [1.82, 2.24) is 0 Å². The second-order valence-corrected chi connectivity index (χ2v) is 10.2. The molecule has 0 saturated carbocycles. The largest absolute Gasteiger partial charge is 0.534 e. The molecule has 0 aliphatic carbocycles. The van der Waals surface area contributed by atoms with Crippen LogP contribution in [0.4, 0.5) is 13.2 Å². The standard InChI is InChI=1S/C24H22BrF3O7S/c1-4-23(22(29)30,34-13-15-8-10-16(33-3)11-9-15)20-14(2)12-18-17(6-5-7-19(18)25)21(20)35-36(31,32)24(26,27)28/h5-12H,4,13H2,1-3H3,(H,29,30).